The van der Waals surface area contributed by atoms with Gasteiger partial charge in [-0.2, -0.15) is 0 Å². The molecule has 2 N–H and O–H groups in total. The Hall–Kier alpha value is -0.610. The lowest BCUT2D eigenvalue weighted by molar-refractivity contribution is -0.133. The second-order valence-corrected chi connectivity index (χ2v) is 5.35. The van der Waals surface area contributed by atoms with E-state index in [-0.39, 0.29) is 24.0 Å². The second kappa shape index (κ2) is 4.72. The van der Waals surface area contributed by atoms with E-state index in [4.69, 9.17) is 0 Å². The van der Waals surface area contributed by atoms with Crippen molar-refractivity contribution in [1.82, 2.24) is 10.2 Å². The van der Waals surface area contributed by atoms with Crippen LogP contribution in [0, 0.1) is 5.41 Å². The molecule has 1 saturated carbocycles. The first-order valence-electron chi connectivity index (χ1n) is 6.26. The van der Waals surface area contributed by atoms with Crippen molar-refractivity contribution in [2.45, 2.75) is 38.1 Å². The quantitative estimate of drug-likeness (QED) is 0.728. The largest absolute Gasteiger partial charge is 0.396 e. The Morgan fingerprint density at radius 1 is 1.50 bits per heavy atom. The van der Waals surface area contributed by atoms with E-state index >= 15 is 0 Å². The molecule has 0 aromatic heterocycles. The van der Waals surface area contributed by atoms with Gasteiger partial charge in [0.2, 0.25) is 5.91 Å². The van der Waals surface area contributed by atoms with Crippen LogP contribution >= 0.6 is 0 Å². The Bertz CT molecular complexity index is 258. The van der Waals surface area contributed by atoms with Gasteiger partial charge in [-0.1, -0.05) is 6.42 Å². The molecule has 92 valence electrons. The van der Waals surface area contributed by atoms with E-state index in [0.29, 0.717) is 6.54 Å². The number of piperidine rings is 1. The molecule has 0 bridgehead atoms. The monoisotopic (exact) mass is 226 g/mol. The predicted octanol–water partition coefficient (Wildman–Crippen LogP) is 0.359. The van der Waals surface area contributed by atoms with Crippen molar-refractivity contribution in [2.75, 3.05) is 26.7 Å². The molecule has 0 radical (unpaired) electrons. The number of nitrogens with one attached hydrogen (secondary N) is 1. The molecule has 1 aliphatic carbocycles. The third-order valence-electron chi connectivity index (χ3n) is 3.85. The molecule has 2 fully saturated rings. The Morgan fingerprint density at radius 2 is 2.25 bits per heavy atom. The van der Waals surface area contributed by atoms with Gasteiger partial charge < -0.3 is 15.3 Å². The van der Waals surface area contributed by atoms with Crippen LogP contribution in [0.15, 0.2) is 0 Å². The minimum Gasteiger partial charge on any atom is -0.396 e. The standard InChI is InChI=1S/C12H22N2O2/c1-14(8-12(9-15)5-6-12)11(16)10-4-2-3-7-13-10/h10,13,15H,2-9H2,1H3/t10-/m0/s1. The molecule has 2 rings (SSSR count). The molecule has 1 atom stereocenters. The van der Waals surface area contributed by atoms with Crippen LogP contribution in [0.1, 0.15) is 32.1 Å². The fourth-order valence-corrected chi connectivity index (χ4v) is 2.45. The van der Waals surface area contributed by atoms with Gasteiger partial charge in [-0.3, -0.25) is 4.79 Å². The molecule has 0 spiro atoms. The molecule has 1 aliphatic heterocycles. The molecule has 0 unspecified atom stereocenters. The number of carbonyl (C=O) groups is 1. The van der Waals surface area contributed by atoms with Gasteiger partial charge in [0, 0.05) is 19.0 Å². The van der Waals surface area contributed by atoms with E-state index in [9.17, 15) is 9.90 Å². The molecule has 1 amide bonds. The maximum atomic E-state index is 12.1. The first kappa shape index (κ1) is 11.9. The van der Waals surface area contributed by atoms with Crippen LogP contribution in [0.3, 0.4) is 0 Å². The van der Waals surface area contributed by atoms with Crippen LogP contribution in [0.2, 0.25) is 0 Å². The number of hydrogen-bond acceptors (Lipinski definition) is 3. The maximum absolute atomic E-state index is 12.1. The SMILES string of the molecule is CN(CC1(CO)CC1)C(=O)[C@@H]1CCCCN1. The summed E-state index contributed by atoms with van der Waals surface area (Å²) in [7, 11) is 1.86. The number of amides is 1. The smallest absolute Gasteiger partial charge is 0.239 e. The summed E-state index contributed by atoms with van der Waals surface area (Å²) >= 11 is 0. The van der Waals surface area contributed by atoms with Crippen LogP contribution in [0.4, 0.5) is 0 Å². The highest BCUT2D eigenvalue weighted by molar-refractivity contribution is 5.81. The summed E-state index contributed by atoms with van der Waals surface area (Å²) in [5, 5.41) is 12.5. The molecule has 1 saturated heterocycles. The summed E-state index contributed by atoms with van der Waals surface area (Å²) in [6.07, 6.45) is 5.38. The van der Waals surface area contributed by atoms with E-state index in [1.54, 1.807) is 4.90 Å². The van der Waals surface area contributed by atoms with E-state index in [1.165, 1.54) is 6.42 Å². The molecule has 1 heterocycles. The lowest BCUT2D eigenvalue weighted by Crippen LogP contribution is -2.48. The summed E-state index contributed by atoms with van der Waals surface area (Å²) in [6.45, 7) is 1.87. The van der Waals surface area contributed by atoms with Crippen molar-refractivity contribution in [3.63, 3.8) is 0 Å². The second-order valence-electron chi connectivity index (χ2n) is 5.35. The topological polar surface area (TPSA) is 52.6 Å². The molecule has 2 aliphatic rings. The van der Waals surface area contributed by atoms with Gasteiger partial charge >= 0.3 is 0 Å². The van der Waals surface area contributed by atoms with Crippen molar-refractivity contribution < 1.29 is 9.90 Å². The third kappa shape index (κ3) is 2.55. The Morgan fingerprint density at radius 3 is 2.75 bits per heavy atom. The van der Waals surface area contributed by atoms with Crippen LogP contribution in [0.5, 0.6) is 0 Å². The first-order valence-corrected chi connectivity index (χ1v) is 6.26. The van der Waals surface area contributed by atoms with Gasteiger partial charge in [-0.15, -0.1) is 0 Å². The van der Waals surface area contributed by atoms with Crippen LogP contribution in [-0.2, 0) is 4.79 Å². The lowest BCUT2D eigenvalue weighted by atomic mass is 10.0. The highest BCUT2D eigenvalue weighted by Crippen LogP contribution is 2.45. The summed E-state index contributed by atoms with van der Waals surface area (Å²) in [5.41, 5.74) is 0.0269. The molecule has 4 heteroatoms. The van der Waals surface area contributed by atoms with Gasteiger partial charge in [-0.05, 0) is 32.2 Å². The lowest BCUT2D eigenvalue weighted by Gasteiger charge is -2.29. The number of nitrogens with zero attached hydrogens (tertiary/aromatic N) is 1. The summed E-state index contributed by atoms with van der Waals surface area (Å²) in [5.74, 6) is 0.194. The van der Waals surface area contributed by atoms with Gasteiger partial charge in [0.1, 0.15) is 0 Å². The van der Waals surface area contributed by atoms with Crippen molar-refractivity contribution in [1.29, 1.82) is 0 Å². The third-order valence-corrected chi connectivity index (χ3v) is 3.85. The zero-order valence-electron chi connectivity index (χ0n) is 10.0. The Kier molecular flexibility index (Phi) is 3.50. The van der Waals surface area contributed by atoms with Crippen molar-refractivity contribution in [3.8, 4) is 0 Å². The highest BCUT2D eigenvalue weighted by atomic mass is 16.3. The zero-order valence-corrected chi connectivity index (χ0v) is 10.0. The molecule has 16 heavy (non-hydrogen) atoms. The van der Waals surface area contributed by atoms with Gasteiger partial charge in [0.05, 0.1) is 12.6 Å². The first-order chi connectivity index (χ1) is 7.67. The molecule has 0 aromatic rings. The number of aliphatic hydroxyl groups excluding tert-OH is 1. The van der Waals surface area contributed by atoms with Crippen molar-refractivity contribution >= 4 is 5.91 Å². The summed E-state index contributed by atoms with van der Waals surface area (Å²) in [6, 6.07) is 0.00763. The van der Waals surface area contributed by atoms with Crippen molar-refractivity contribution in [2.24, 2.45) is 5.41 Å². The minimum atomic E-state index is 0.00763. The maximum Gasteiger partial charge on any atom is 0.239 e. The summed E-state index contributed by atoms with van der Waals surface area (Å²) in [4.78, 5) is 13.9. The average Bonchev–Trinajstić information content (AvgIpc) is 3.09. The van der Waals surface area contributed by atoms with E-state index < -0.39 is 0 Å². The fourth-order valence-electron chi connectivity index (χ4n) is 2.45. The average molecular weight is 226 g/mol. The number of likely N-dealkylation sites (N-methyl/N-ethyl adjacent to an activating group) is 1. The van der Waals surface area contributed by atoms with Crippen LogP contribution in [0.25, 0.3) is 0 Å². The van der Waals surface area contributed by atoms with Gasteiger partial charge in [0.15, 0.2) is 0 Å². The predicted molar refractivity (Wildman–Crippen MR) is 62.0 cm³/mol. The number of aliphatic hydroxyl groups is 1. The molecule has 4 nitrogen and oxygen atoms in total. The van der Waals surface area contributed by atoms with Crippen LogP contribution < -0.4 is 5.32 Å². The number of rotatable bonds is 4. The fraction of sp³-hybridized carbons (Fsp3) is 0.917. The highest BCUT2D eigenvalue weighted by Gasteiger charge is 2.44. The number of hydrogen-bond donors (Lipinski definition) is 2. The van der Waals surface area contributed by atoms with E-state index in [1.807, 2.05) is 7.05 Å². The van der Waals surface area contributed by atoms with Gasteiger partial charge in [-0.25, -0.2) is 0 Å². The zero-order chi connectivity index (χ0) is 11.6. The molecule has 0 aromatic carbocycles. The molecular weight excluding hydrogens is 204 g/mol. The van der Waals surface area contributed by atoms with Gasteiger partial charge in [0.25, 0.3) is 0 Å². The minimum absolute atomic E-state index is 0.00763. The Labute approximate surface area is 97.0 Å². The van der Waals surface area contributed by atoms with Crippen LogP contribution in [-0.4, -0.2) is 48.7 Å². The molecular formula is C12H22N2O2. The van der Waals surface area contributed by atoms with Crippen molar-refractivity contribution in [3.05, 3.63) is 0 Å². The van der Waals surface area contributed by atoms with E-state index in [2.05, 4.69) is 5.32 Å². The van der Waals surface area contributed by atoms with E-state index in [0.717, 1.165) is 32.2 Å². The number of carbonyl (C=O) groups excluding carboxylic acids is 1. The summed E-state index contributed by atoms with van der Waals surface area (Å²) < 4.78 is 0. The normalized spacial score (nSPS) is 27.5. The Balaban J connectivity index is 1.83.